The van der Waals surface area contributed by atoms with E-state index < -0.39 is 0 Å². The van der Waals surface area contributed by atoms with Crippen molar-refractivity contribution in [2.75, 3.05) is 0 Å². The van der Waals surface area contributed by atoms with E-state index in [9.17, 15) is 5.26 Å². The van der Waals surface area contributed by atoms with Crippen molar-refractivity contribution in [3.63, 3.8) is 0 Å². The first-order chi connectivity index (χ1) is 14.8. The molecule has 0 unspecified atom stereocenters. The van der Waals surface area contributed by atoms with E-state index in [4.69, 9.17) is 5.10 Å². The van der Waals surface area contributed by atoms with Gasteiger partial charge >= 0.3 is 0 Å². The van der Waals surface area contributed by atoms with Crippen molar-refractivity contribution in [2.45, 2.75) is 0 Å². The quantitative estimate of drug-likeness (QED) is 0.396. The molecule has 0 aliphatic rings. The van der Waals surface area contributed by atoms with E-state index >= 15 is 0 Å². The Balaban J connectivity index is 1.66. The number of hydrogen-bond donors (Lipinski definition) is 0. The van der Waals surface area contributed by atoms with Crippen LogP contribution in [-0.4, -0.2) is 19.2 Å². The van der Waals surface area contributed by atoms with Gasteiger partial charge in [0.1, 0.15) is 11.7 Å². The number of nitrogens with zero attached hydrogens (tertiary/aromatic N) is 5. The zero-order valence-electron chi connectivity index (χ0n) is 16.1. The molecule has 5 rings (SSSR count). The summed E-state index contributed by atoms with van der Waals surface area (Å²) in [7, 11) is 0. The molecule has 0 radical (unpaired) electrons. The lowest BCUT2D eigenvalue weighted by Gasteiger charge is -2.00. The van der Waals surface area contributed by atoms with Crippen LogP contribution < -0.4 is 0 Å². The van der Waals surface area contributed by atoms with Crippen molar-refractivity contribution in [3.05, 3.63) is 109 Å². The van der Waals surface area contributed by atoms with Crippen molar-refractivity contribution in [1.82, 2.24) is 19.2 Å². The Morgan fingerprint density at radius 1 is 0.867 bits per heavy atom. The predicted octanol–water partition coefficient (Wildman–Crippen LogP) is 5.25. The Labute approximate surface area is 173 Å². The second-order valence-electron chi connectivity index (χ2n) is 6.84. The molecule has 0 aliphatic carbocycles. The molecular weight excluding hydrogens is 370 g/mol. The highest BCUT2D eigenvalue weighted by molar-refractivity contribution is 5.91. The number of aromatic nitrogens is 4. The normalized spacial score (nSPS) is 11.5. The third kappa shape index (κ3) is 3.27. The first kappa shape index (κ1) is 17.7. The van der Waals surface area contributed by atoms with Crippen LogP contribution in [0.3, 0.4) is 0 Å². The minimum absolute atomic E-state index is 0.489. The van der Waals surface area contributed by atoms with Gasteiger partial charge in [0.15, 0.2) is 0 Å². The van der Waals surface area contributed by atoms with E-state index in [1.54, 1.807) is 0 Å². The Morgan fingerprint density at radius 3 is 2.33 bits per heavy atom. The highest BCUT2D eigenvalue weighted by Crippen LogP contribution is 2.27. The maximum atomic E-state index is 9.86. The second kappa shape index (κ2) is 7.53. The summed E-state index contributed by atoms with van der Waals surface area (Å²) in [5, 5.41) is 14.7. The lowest BCUT2D eigenvalue weighted by atomic mass is 10.1. The average molecular weight is 387 g/mol. The van der Waals surface area contributed by atoms with Crippen molar-refractivity contribution < 1.29 is 0 Å². The predicted molar refractivity (Wildman–Crippen MR) is 118 cm³/mol. The number of nitriles is 1. The van der Waals surface area contributed by atoms with E-state index in [2.05, 4.69) is 11.1 Å². The molecule has 3 heterocycles. The topological polar surface area (TPSA) is 58.9 Å². The summed E-state index contributed by atoms with van der Waals surface area (Å²) >= 11 is 0. The molecule has 30 heavy (non-hydrogen) atoms. The number of hydrogen-bond acceptors (Lipinski definition) is 3. The van der Waals surface area contributed by atoms with E-state index in [0.717, 1.165) is 28.2 Å². The van der Waals surface area contributed by atoms with Gasteiger partial charge in [-0.2, -0.15) is 10.4 Å². The van der Waals surface area contributed by atoms with Gasteiger partial charge in [-0.3, -0.25) is 0 Å². The number of para-hydroxylation sites is 1. The SMILES string of the molecule is N#C/C(=C\c1cn(-c2ccccc2)nc1-c1ccccc1)c1cn2ccccc2n1. The van der Waals surface area contributed by atoms with Crippen LogP contribution in [0.25, 0.3) is 34.2 Å². The zero-order chi connectivity index (χ0) is 20.3. The molecule has 0 fully saturated rings. The second-order valence-corrected chi connectivity index (χ2v) is 6.84. The number of rotatable bonds is 4. The molecule has 0 saturated carbocycles. The number of allylic oxidation sites excluding steroid dienone is 1. The summed E-state index contributed by atoms with van der Waals surface area (Å²) in [6, 6.07) is 28.0. The molecule has 0 saturated heterocycles. The smallest absolute Gasteiger partial charge is 0.137 e. The summed E-state index contributed by atoms with van der Waals surface area (Å²) in [5.41, 5.74) is 5.55. The standard InChI is InChI=1S/C25H17N5/c26-16-20(23-18-29-14-8-7-13-24(29)27-23)15-21-17-30(22-11-5-2-6-12-22)28-25(21)19-9-3-1-4-10-19/h1-15,17-18H/b20-15+. The van der Waals surface area contributed by atoms with Gasteiger partial charge in [-0.25, -0.2) is 9.67 Å². The third-order valence-electron chi connectivity index (χ3n) is 4.87. The fourth-order valence-corrected chi connectivity index (χ4v) is 3.41. The first-order valence-corrected chi connectivity index (χ1v) is 9.58. The van der Waals surface area contributed by atoms with Gasteiger partial charge in [0.2, 0.25) is 0 Å². The number of fused-ring (bicyclic) bond motifs is 1. The fourth-order valence-electron chi connectivity index (χ4n) is 3.41. The molecule has 0 aliphatic heterocycles. The van der Waals surface area contributed by atoms with Crippen molar-refractivity contribution in [1.29, 1.82) is 5.26 Å². The molecule has 0 atom stereocenters. The molecule has 142 valence electrons. The maximum Gasteiger partial charge on any atom is 0.137 e. The van der Waals surface area contributed by atoms with Crippen LogP contribution in [0.2, 0.25) is 0 Å². The van der Waals surface area contributed by atoms with Gasteiger partial charge in [0.05, 0.1) is 22.6 Å². The van der Waals surface area contributed by atoms with Crippen LogP contribution in [0.4, 0.5) is 0 Å². The molecule has 0 spiro atoms. The molecule has 3 aromatic heterocycles. The Morgan fingerprint density at radius 2 is 1.60 bits per heavy atom. The van der Waals surface area contributed by atoms with Crippen molar-refractivity contribution >= 4 is 17.3 Å². The maximum absolute atomic E-state index is 9.86. The molecular formula is C25H17N5. The van der Waals surface area contributed by atoms with Crippen LogP contribution in [0, 0.1) is 11.3 Å². The summed E-state index contributed by atoms with van der Waals surface area (Å²) in [5.74, 6) is 0. The van der Waals surface area contributed by atoms with Gasteiger partial charge in [-0.15, -0.1) is 0 Å². The largest absolute Gasteiger partial charge is 0.306 e. The average Bonchev–Trinajstić information content (AvgIpc) is 3.43. The minimum atomic E-state index is 0.489. The van der Waals surface area contributed by atoms with Crippen LogP contribution in [0.5, 0.6) is 0 Å². The van der Waals surface area contributed by atoms with Gasteiger partial charge in [-0.05, 0) is 30.3 Å². The van der Waals surface area contributed by atoms with E-state index in [1.165, 1.54) is 0 Å². The molecule has 5 nitrogen and oxygen atoms in total. The Hall–Kier alpha value is -4.43. The highest BCUT2D eigenvalue weighted by atomic mass is 15.3. The number of imidazole rings is 1. The van der Waals surface area contributed by atoms with Crippen LogP contribution in [-0.2, 0) is 0 Å². The Kier molecular flexibility index (Phi) is 4.43. The fraction of sp³-hybridized carbons (Fsp3) is 0. The van der Waals surface area contributed by atoms with E-state index in [0.29, 0.717) is 11.3 Å². The first-order valence-electron chi connectivity index (χ1n) is 9.58. The van der Waals surface area contributed by atoms with Crippen molar-refractivity contribution in [3.8, 4) is 23.0 Å². The number of pyridine rings is 1. The summed E-state index contributed by atoms with van der Waals surface area (Å²) in [4.78, 5) is 4.59. The molecule has 5 aromatic rings. The zero-order valence-corrected chi connectivity index (χ0v) is 16.1. The van der Waals surface area contributed by atoms with Gasteiger partial charge in [0, 0.05) is 29.7 Å². The van der Waals surface area contributed by atoms with Crippen molar-refractivity contribution in [2.24, 2.45) is 0 Å². The van der Waals surface area contributed by atoms with E-state index in [1.807, 2.05) is 113 Å². The molecule has 2 aromatic carbocycles. The van der Waals surface area contributed by atoms with E-state index in [-0.39, 0.29) is 0 Å². The molecule has 0 N–H and O–H groups in total. The van der Waals surface area contributed by atoms with Gasteiger partial charge in [-0.1, -0.05) is 54.6 Å². The number of benzene rings is 2. The highest BCUT2D eigenvalue weighted by Gasteiger charge is 2.14. The summed E-state index contributed by atoms with van der Waals surface area (Å²) in [6.45, 7) is 0. The lowest BCUT2D eigenvalue weighted by Crippen LogP contribution is -1.93. The minimum Gasteiger partial charge on any atom is -0.306 e. The third-order valence-corrected chi connectivity index (χ3v) is 4.87. The molecule has 5 heteroatoms. The Bertz CT molecular complexity index is 1350. The van der Waals surface area contributed by atoms with Gasteiger partial charge < -0.3 is 4.40 Å². The van der Waals surface area contributed by atoms with Gasteiger partial charge in [0.25, 0.3) is 0 Å². The van der Waals surface area contributed by atoms with Crippen LogP contribution in [0.1, 0.15) is 11.3 Å². The monoisotopic (exact) mass is 387 g/mol. The molecule has 0 amide bonds. The van der Waals surface area contributed by atoms with Crippen LogP contribution >= 0.6 is 0 Å². The lowest BCUT2D eigenvalue weighted by molar-refractivity contribution is 0.884. The molecule has 0 bridgehead atoms. The summed E-state index contributed by atoms with van der Waals surface area (Å²) < 4.78 is 3.75. The summed E-state index contributed by atoms with van der Waals surface area (Å²) in [6.07, 6.45) is 7.60. The van der Waals surface area contributed by atoms with Crippen LogP contribution in [0.15, 0.2) is 97.5 Å².